The van der Waals surface area contributed by atoms with E-state index in [1.165, 1.54) is 6.42 Å². The van der Waals surface area contributed by atoms with Crippen LogP contribution in [0, 0.1) is 0 Å². The second-order valence-electron chi connectivity index (χ2n) is 2.36. The molecule has 0 spiro atoms. The maximum atomic E-state index is 4.34. The molecule has 2 aliphatic rings. The second-order valence-corrected chi connectivity index (χ2v) is 2.36. The monoisotopic (exact) mass is 97.1 g/mol. The third-order valence-electron chi connectivity index (χ3n) is 1.78. The van der Waals surface area contributed by atoms with Gasteiger partial charge in [-0.05, 0) is 6.42 Å². The predicted octanol–water partition coefficient (Wildman–Crippen LogP) is -0.665. The van der Waals surface area contributed by atoms with E-state index in [-0.39, 0.29) is 0 Å². The first-order valence-electron chi connectivity index (χ1n) is 2.85. The van der Waals surface area contributed by atoms with Crippen molar-refractivity contribution in [2.24, 2.45) is 0 Å². The summed E-state index contributed by atoms with van der Waals surface area (Å²) >= 11 is 0. The van der Waals surface area contributed by atoms with Gasteiger partial charge in [-0.2, -0.15) is 0 Å². The Morgan fingerprint density at radius 2 is 2.57 bits per heavy atom. The Morgan fingerprint density at radius 1 is 1.57 bits per heavy atom. The van der Waals surface area contributed by atoms with E-state index in [0.717, 1.165) is 19.1 Å². The highest BCUT2D eigenvalue weighted by atomic mass is 15.1. The van der Waals surface area contributed by atoms with Gasteiger partial charge in [-0.25, -0.2) is 5.32 Å². The van der Waals surface area contributed by atoms with Crippen molar-refractivity contribution in [1.29, 1.82) is 0 Å². The number of piperazine rings is 1. The van der Waals surface area contributed by atoms with Crippen LogP contribution >= 0.6 is 0 Å². The van der Waals surface area contributed by atoms with Crippen molar-refractivity contribution in [3.8, 4) is 0 Å². The topological polar surface area (TPSA) is 26.1 Å². The molecule has 7 heavy (non-hydrogen) atoms. The Morgan fingerprint density at radius 3 is 2.71 bits per heavy atom. The maximum Gasteiger partial charge on any atom is 0.0386 e. The molecule has 0 unspecified atom stereocenters. The molecule has 0 amide bonds. The van der Waals surface area contributed by atoms with Crippen LogP contribution in [0.2, 0.25) is 0 Å². The van der Waals surface area contributed by atoms with E-state index < -0.39 is 0 Å². The zero-order valence-electron chi connectivity index (χ0n) is 4.22. The third kappa shape index (κ3) is 0.469. The zero-order valence-corrected chi connectivity index (χ0v) is 4.22. The molecular weight excluding hydrogens is 88.1 g/mol. The molecule has 39 valence electrons. The van der Waals surface area contributed by atoms with Gasteiger partial charge in [0.25, 0.3) is 0 Å². The van der Waals surface area contributed by atoms with E-state index in [9.17, 15) is 0 Å². The van der Waals surface area contributed by atoms with Crippen LogP contribution in [0.5, 0.6) is 0 Å². The number of rotatable bonds is 0. The van der Waals surface area contributed by atoms with Gasteiger partial charge in [0.05, 0.1) is 0 Å². The van der Waals surface area contributed by atoms with Crippen molar-refractivity contribution in [2.75, 3.05) is 13.1 Å². The highest BCUT2D eigenvalue weighted by molar-refractivity contribution is 4.94. The van der Waals surface area contributed by atoms with E-state index in [2.05, 4.69) is 10.6 Å². The Balaban J connectivity index is 2.12. The van der Waals surface area contributed by atoms with Crippen LogP contribution in [0.15, 0.2) is 0 Å². The van der Waals surface area contributed by atoms with Crippen LogP contribution in [0.25, 0.3) is 0 Å². The van der Waals surface area contributed by atoms with Gasteiger partial charge in [0, 0.05) is 25.2 Å². The van der Waals surface area contributed by atoms with Gasteiger partial charge in [-0.1, -0.05) is 0 Å². The average molecular weight is 97.1 g/mol. The number of hydrogen-bond acceptors (Lipinski definition) is 1. The highest BCUT2D eigenvalue weighted by Gasteiger charge is 2.30. The van der Waals surface area contributed by atoms with E-state index in [1.54, 1.807) is 0 Å². The SMILES string of the molecule is C1N[C@H]2C[N][C@H]1C2. The molecule has 2 fully saturated rings. The van der Waals surface area contributed by atoms with Gasteiger partial charge in [-0.15, -0.1) is 0 Å². The minimum absolute atomic E-state index is 0.685. The molecule has 0 aromatic heterocycles. The smallest absolute Gasteiger partial charge is 0.0386 e. The molecule has 2 atom stereocenters. The summed E-state index contributed by atoms with van der Waals surface area (Å²) in [6.07, 6.45) is 1.31. The Kier molecular flexibility index (Phi) is 0.664. The summed E-state index contributed by atoms with van der Waals surface area (Å²) in [4.78, 5) is 0. The number of hydrogen-bond donors (Lipinski definition) is 1. The average Bonchev–Trinajstić information content (AvgIpc) is 2.22. The zero-order chi connectivity index (χ0) is 4.69. The molecular formula is C5H9N2. The van der Waals surface area contributed by atoms with Gasteiger partial charge in [0.1, 0.15) is 0 Å². The predicted molar refractivity (Wildman–Crippen MR) is 27.2 cm³/mol. The summed E-state index contributed by atoms with van der Waals surface area (Å²) in [7, 11) is 0. The lowest BCUT2D eigenvalue weighted by atomic mass is 10.3. The van der Waals surface area contributed by atoms with Gasteiger partial charge >= 0.3 is 0 Å². The van der Waals surface area contributed by atoms with E-state index in [1.807, 2.05) is 0 Å². The first kappa shape index (κ1) is 3.87. The summed E-state index contributed by atoms with van der Waals surface area (Å²) in [6, 6.07) is 1.44. The molecule has 0 aromatic rings. The van der Waals surface area contributed by atoms with Crippen LogP contribution in [0.4, 0.5) is 0 Å². The molecule has 0 aliphatic carbocycles. The van der Waals surface area contributed by atoms with Crippen LogP contribution in [0.1, 0.15) is 6.42 Å². The lowest BCUT2D eigenvalue weighted by Crippen LogP contribution is -2.35. The van der Waals surface area contributed by atoms with E-state index in [0.29, 0.717) is 6.04 Å². The third-order valence-corrected chi connectivity index (χ3v) is 1.78. The van der Waals surface area contributed by atoms with E-state index >= 15 is 0 Å². The minimum atomic E-state index is 0.685. The summed E-state index contributed by atoms with van der Waals surface area (Å²) in [5.74, 6) is 0. The van der Waals surface area contributed by atoms with Crippen molar-refractivity contribution in [3.05, 3.63) is 0 Å². The molecule has 2 aliphatic heterocycles. The molecule has 0 aromatic carbocycles. The van der Waals surface area contributed by atoms with Crippen molar-refractivity contribution in [3.63, 3.8) is 0 Å². The van der Waals surface area contributed by atoms with Crippen molar-refractivity contribution in [2.45, 2.75) is 18.5 Å². The fraction of sp³-hybridized carbons (Fsp3) is 1.00. The molecule has 2 heteroatoms. The largest absolute Gasteiger partial charge is 0.311 e. The fourth-order valence-corrected chi connectivity index (χ4v) is 1.35. The van der Waals surface area contributed by atoms with Gasteiger partial charge in [0.15, 0.2) is 0 Å². The van der Waals surface area contributed by atoms with Crippen LogP contribution < -0.4 is 10.6 Å². The standard InChI is InChI=1S/C5H9N2/c1-4-2-6-5(1)3-7-4/h4-6H,1-3H2/t4-,5+/m0/s1. The number of fused-ring (bicyclic) bond motifs is 2. The van der Waals surface area contributed by atoms with Crippen LogP contribution in [-0.2, 0) is 0 Å². The Labute approximate surface area is 43.3 Å². The summed E-state index contributed by atoms with van der Waals surface area (Å²) < 4.78 is 0. The molecule has 0 saturated carbocycles. The van der Waals surface area contributed by atoms with Crippen molar-refractivity contribution in [1.82, 2.24) is 10.6 Å². The first-order valence-corrected chi connectivity index (χ1v) is 2.85. The highest BCUT2D eigenvalue weighted by Crippen LogP contribution is 2.13. The van der Waals surface area contributed by atoms with Gasteiger partial charge < -0.3 is 5.32 Å². The lowest BCUT2D eigenvalue weighted by molar-refractivity contribution is 0.519. The summed E-state index contributed by atoms with van der Waals surface area (Å²) in [6.45, 7) is 2.22. The maximum absolute atomic E-state index is 4.34. The Hall–Kier alpha value is -0.0800. The number of nitrogens with one attached hydrogen (secondary N) is 1. The summed E-state index contributed by atoms with van der Waals surface area (Å²) in [5.41, 5.74) is 0. The van der Waals surface area contributed by atoms with Crippen molar-refractivity contribution < 1.29 is 0 Å². The molecule has 2 nitrogen and oxygen atoms in total. The van der Waals surface area contributed by atoms with Gasteiger partial charge in [-0.3, -0.25) is 0 Å². The first-order chi connectivity index (χ1) is 3.45. The van der Waals surface area contributed by atoms with E-state index in [4.69, 9.17) is 0 Å². The quantitative estimate of drug-likeness (QED) is 0.426. The molecule has 2 bridgehead atoms. The second kappa shape index (κ2) is 1.20. The molecule has 2 rings (SSSR count). The summed E-state index contributed by atoms with van der Waals surface area (Å²) in [5, 5.41) is 7.70. The normalized spacial score (nSPS) is 48.0. The fourth-order valence-electron chi connectivity index (χ4n) is 1.35. The molecule has 1 radical (unpaired) electrons. The van der Waals surface area contributed by atoms with Crippen LogP contribution in [0.3, 0.4) is 0 Å². The molecule has 2 heterocycles. The minimum Gasteiger partial charge on any atom is -0.311 e. The molecule has 2 saturated heterocycles. The lowest BCUT2D eigenvalue weighted by Gasteiger charge is -2.08. The van der Waals surface area contributed by atoms with Crippen molar-refractivity contribution >= 4 is 0 Å². The number of nitrogens with zero attached hydrogens (tertiary/aromatic N) is 1. The Bertz CT molecular complexity index is 64.1. The van der Waals surface area contributed by atoms with Crippen LogP contribution in [-0.4, -0.2) is 25.2 Å². The van der Waals surface area contributed by atoms with Gasteiger partial charge in [0.2, 0.25) is 0 Å². The molecule has 1 N–H and O–H groups in total.